The number of aryl methyl sites for hydroxylation is 1. The molecular formula is C10H9Cl3Ti. The van der Waals surface area contributed by atoms with Gasteiger partial charge in [0.2, 0.25) is 0 Å². The van der Waals surface area contributed by atoms with Gasteiger partial charge in [-0.3, -0.25) is 0 Å². The van der Waals surface area contributed by atoms with Crippen LogP contribution < -0.4 is 0 Å². The zero-order chi connectivity index (χ0) is 10.6. The Kier molecular flexibility index (Phi) is 5.44. The van der Waals surface area contributed by atoms with E-state index in [9.17, 15) is 0 Å². The Morgan fingerprint density at radius 2 is 1.79 bits per heavy atom. The van der Waals surface area contributed by atoms with Gasteiger partial charge in [-0.15, -0.1) is 29.0 Å². The molecule has 0 aromatic heterocycles. The summed E-state index contributed by atoms with van der Waals surface area (Å²) < 4.78 is 0. The molecule has 0 bridgehead atoms. The molecule has 2 aromatic carbocycles. The number of halogens is 3. The van der Waals surface area contributed by atoms with Crippen molar-refractivity contribution in [2.45, 2.75) is 6.92 Å². The van der Waals surface area contributed by atoms with Crippen LogP contribution in [0.25, 0.3) is 10.8 Å². The third kappa shape index (κ3) is 3.88. The summed E-state index contributed by atoms with van der Waals surface area (Å²) in [5, 5.41) is 2.72. The van der Waals surface area contributed by atoms with Gasteiger partial charge in [0.1, 0.15) is 0 Å². The average Bonchev–Trinajstić information content (AvgIpc) is 2.52. The van der Waals surface area contributed by atoms with Crippen molar-refractivity contribution in [2.24, 2.45) is 0 Å². The zero-order valence-electron chi connectivity index (χ0n) is 7.60. The molecule has 14 heavy (non-hydrogen) atoms. The summed E-state index contributed by atoms with van der Waals surface area (Å²) >= 11 is -1.92. The molecule has 0 unspecified atom stereocenters. The second-order valence-corrected chi connectivity index (χ2v) is 10.6. The van der Waals surface area contributed by atoms with Crippen molar-refractivity contribution in [3.63, 3.8) is 0 Å². The van der Waals surface area contributed by atoms with E-state index in [1.807, 2.05) is 0 Å². The Labute approximate surface area is 102 Å². The molecule has 0 heterocycles. The summed E-state index contributed by atoms with van der Waals surface area (Å²) in [6, 6.07) is 12.8. The average molecular weight is 283 g/mol. The van der Waals surface area contributed by atoms with Crippen LogP contribution in [0, 0.1) is 6.92 Å². The first-order valence-corrected chi connectivity index (χ1v) is 10.5. The minimum atomic E-state index is -1.92. The van der Waals surface area contributed by atoms with Gasteiger partial charge in [0.05, 0.1) is 0 Å². The van der Waals surface area contributed by atoms with E-state index in [4.69, 9.17) is 27.9 Å². The van der Waals surface area contributed by atoms with Gasteiger partial charge in [-0.05, 0) is 6.92 Å². The van der Waals surface area contributed by atoms with Crippen LogP contribution in [0.1, 0.15) is 5.56 Å². The van der Waals surface area contributed by atoms with E-state index >= 15 is 0 Å². The monoisotopic (exact) mass is 282 g/mol. The molecule has 0 radical (unpaired) electrons. The second-order valence-electron chi connectivity index (χ2n) is 2.82. The molecule has 0 aliphatic carbocycles. The topological polar surface area (TPSA) is 0 Å². The molecule has 0 amide bonds. The second kappa shape index (κ2) is 6.10. The summed E-state index contributed by atoms with van der Waals surface area (Å²) in [5.74, 6) is 0. The van der Waals surface area contributed by atoms with Crippen molar-refractivity contribution in [1.82, 2.24) is 0 Å². The van der Waals surface area contributed by atoms with Crippen molar-refractivity contribution in [3.05, 3.63) is 42.0 Å². The predicted octanol–water partition coefficient (Wildman–Crippen LogP) is 4.93. The zero-order valence-corrected chi connectivity index (χ0v) is 11.4. The number of hydrogen-bond acceptors (Lipinski definition) is 0. The summed E-state index contributed by atoms with van der Waals surface area (Å²) in [6.45, 7) is 2.14. The van der Waals surface area contributed by atoms with E-state index in [-0.39, 0.29) is 0 Å². The van der Waals surface area contributed by atoms with E-state index in [0.717, 1.165) is 0 Å². The van der Waals surface area contributed by atoms with Crippen molar-refractivity contribution in [2.75, 3.05) is 0 Å². The first-order chi connectivity index (χ1) is 6.61. The fourth-order valence-electron chi connectivity index (χ4n) is 1.32. The molecule has 0 aliphatic heterocycles. The van der Waals surface area contributed by atoms with Crippen LogP contribution in [-0.4, -0.2) is 0 Å². The minimum absolute atomic E-state index is 1.35. The standard InChI is InChI=1S/C10H9.3ClH.Ti/c1-8-4-2-5-9-6-3-7-10(8)9;;;;/h2-7H,1H3;3*1H;/q-1;;;;+4/p-3. The third-order valence-electron chi connectivity index (χ3n) is 1.90. The molecule has 0 atom stereocenters. The number of hydrogen-bond donors (Lipinski definition) is 0. The molecular weight excluding hydrogens is 274 g/mol. The van der Waals surface area contributed by atoms with Crippen LogP contribution in [0.5, 0.6) is 0 Å². The van der Waals surface area contributed by atoms with Crippen molar-refractivity contribution >= 4 is 38.7 Å². The number of rotatable bonds is 0. The van der Waals surface area contributed by atoms with Gasteiger partial charge in [-0.25, -0.2) is 0 Å². The summed E-state index contributed by atoms with van der Waals surface area (Å²) in [6.07, 6.45) is 0. The Morgan fingerprint density at radius 3 is 2.36 bits per heavy atom. The summed E-state index contributed by atoms with van der Waals surface area (Å²) in [7, 11) is 14.9. The fourth-order valence-corrected chi connectivity index (χ4v) is 1.32. The molecule has 0 aliphatic rings. The van der Waals surface area contributed by atoms with Crippen LogP contribution in [0.2, 0.25) is 0 Å². The maximum absolute atomic E-state index is 4.97. The van der Waals surface area contributed by atoms with Crippen LogP contribution in [-0.2, 0) is 14.7 Å². The Morgan fingerprint density at radius 1 is 1.14 bits per heavy atom. The SMILES string of the molecule is Cc1cccc2[cH-]ccc12.[Cl][Ti+]([Cl])[Cl]. The first kappa shape index (κ1) is 12.5. The molecule has 0 N–H and O–H groups in total. The van der Waals surface area contributed by atoms with Crippen molar-refractivity contribution < 1.29 is 14.7 Å². The van der Waals surface area contributed by atoms with E-state index in [0.29, 0.717) is 0 Å². The number of benzene rings is 1. The van der Waals surface area contributed by atoms with Crippen molar-refractivity contribution in [1.29, 1.82) is 0 Å². The Bertz CT molecular complexity index is 392. The number of fused-ring (bicyclic) bond motifs is 1. The molecule has 4 heteroatoms. The van der Waals surface area contributed by atoms with Gasteiger partial charge in [0.15, 0.2) is 0 Å². The molecule has 0 fully saturated rings. The van der Waals surface area contributed by atoms with Gasteiger partial charge < -0.3 is 0 Å². The van der Waals surface area contributed by atoms with Crippen molar-refractivity contribution in [3.8, 4) is 0 Å². The quantitative estimate of drug-likeness (QED) is 0.475. The van der Waals surface area contributed by atoms with Crippen LogP contribution >= 0.6 is 27.9 Å². The van der Waals surface area contributed by atoms with Gasteiger partial charge >= 0.3 is 42.6 Å². The predicted molar refractivity (Wildman–Crippen MR) is 61.8 cm³/mol. The van der Waals surface area contributed by atoms with E-state index in [1.54, 1.807) is 0 Å². The molecule has 0 spiro atoms. The van der Waals surface area contributed by atoms with Crippen LogP contribution in [0.3, 0.4) is 0 Å². The maximum atomic E-state index is 4.97. The summed E-state index contributed by atoms with van der Waals surface area (Å²) in [5.41, 5.74) is 1.36. The van der Waals surface area contributed by atoms with E-state index < -0.39 is 14.7 Å². The molecule has 2 rings (SSSR count). The van der Waals surface area contributed by atoms with E-state index in [1.165, 1.54) is 16.3 Å². The normalized spacial score (nSPS) is 9.43. The van der Waals surface area contributed by atoms with Gasteiger partial charge in [0, 0.05) is 0 Å². The molecule has 0 nitrogen and oxygen atoms in total. The summed E-state index contributed by atoms with van der Waals surface area (Å²) in [4.78, 5) is 0. The Hall–Kier alpha value is 0.414. The van der Waals surface area contributed by atoms with E-state index in [2.05, 4.69) is 43.3 Å². The van der Waals surface area contributed by atoms with Gasteiger partial charge in [0.25, 0.3) is 0 Å². The molecule has 0 saturated heterocycles. The Balaban J connectivity index is 0.000000213. The van der Waals surface area contributed by atoms with Gasteiger partial charge in [-0.2, -0.15) is 12.1 Å². The van der Waals surface area contributed by atoms with Crippen LogP contribution in [0.4, 0.5) is 0 Å². The molecule has 74 valence electrons. The third-order valence-corrected chi connectivity index (χ3v) is 1.90. The fraction of sp³-hybridized carbons (Fsp3) is 0.100. The van der Waals surface area contributed by atoms with Gasteiger partial charge in [-0.1, -0.05) is 11.6 Å². The molecule has 0 saturated carbocycles. The molecule has 2 aromatic rings. The van der Waals surface area contributed by atoms with Crippen LogP contribution in [0.15, 0.2) is 36.4 Å². The first-order valence-electron chi connectivity index (χ1n) is 4.05.